The molecule has 0 aliphatic rings. The molecule has 1 rings (SSSR count). The molecule has 4 nitrogen and oxygen atoms in total. The van der Waals surface area contributed by atoms with E-state index >= 15 is 0 Å². The molecule has 0 spiro atoms. The zero-order valence-electron chi connectivity index (χ0n) is 10.9. The summed E-state index contributed by atoms with van der Waals surface area (Å²) in [6.07, 6.45) is 0.346. The molecule has 0 bridgehead atoms. The molecule has 1 atom stereocenters. The van der Waals surface area contributed by atoms with Crippen molar-refractivity contribution in [1.82, 2.24) is 10.6 Å². The lowest BCUT2D eigenvalue weighted by atomic mass is 10.0. The predicted octanol–water partition coefficient (Wildman–Crippen LogP) is 1.68. The molecule has 1 aromatic carbocycles. The molecule has 0 aromatic heterocycles. The van der Waals surface area contributed by atoms with Gasteiger partial charge in [0.05, 0.1) is 19.0 Å². The third kappa shape index (κ3) is 4.56. The lowest BCUT2D eigenvalue weighted by molar-refractivity contribution is -0.120. The fourth-order valence-corrected chi connectivity index (χ4v) is 1.75. The summed E-state index contributed by atoms with van der Waals surface area (Å²) in [5.41, 5.74) is 2.41. The van der Waals surface area contributed by atoms with E-state index in [0.29, 0.717) is 13.0 Å². The molecule has 0 aliphatic heterocycles. The van der Waals surface area contributed by atoms with Gasteiger partial charge in [0.2, 0.25) is 5.91 Å². The molecule has 0 aliphatic carbocycles. The van der Waals surface area contributed by atoms with E-state index in [1.54, 1.807) is 0 Å². The van der Waals surface area contributed by atoms with Gasteiger partial charge < -0.3 is 10.6 Å². The molecule has 1 amide bonds. The maximum Gasteiger partial charge on any atom is 0.234 e. The topological polar surface area (TPSA) is 64.9 Å². The lowest BCUT2D eigenvalue weighted by Gasteiger charge is -2.16. The molecule has 0 unspecified atom stereocenters. The number of benzene rings is 1. The highest BCUT2D eigenvalue weighted by Crippen LogP contribution is 2.15. The molecule has 0 saturated carbocycles. The van der Waals surface area contributed by atoms with Gasteiger partial charge in [-0.15, -0.1) is 0 Å². The maximum absolute atomic E-state index is 11.5. The van der Waals surface area contributed by atoms with Crippen LogP contribution in [0.5, 0.6) is 0 Å². The van der Waals surface area contributed by atoms with Crippen LogP contribution in [0.2, 0.25) is 0 Å². The van der Waals surface area contributed by atoms with Crippen LogP contribution in [0.1, 0.15) is 30.5 Å². The van der Waals surface area contributed by atoms with Crippen molar-refractivity contribution in [2.45, 2.75) is 26.3 Å². The van der Waals surface area contributed by atoms with E-state index in [1.165, 1.54) is 11.1 Å². The van der Waals surface area contributed by atoms with E-state index in [4.69, 9.17) is 5.26 Å². The third-order valence-electron chi connectivity index (χ3n) is 2.78. The zero-order valence-corrected chi connectivity index (χ0v) is 10.9. The lowest BCUT2D eigenvalue weighted by Crippen LogP contribution is -2.35. The third-order valence-corrected chi connectivity index (χ3v) is 2.78. The first-order valence-electron chi connectivity index (χ1n) is 6.07. The second kappa shape index (κ2) is 7.46. The Bertz CT molecular complexity index is 437. The van der Waals surface area contributed by atoms with Crippen LogP contribution in [-0.4, -0.2) is 19.0 Å². The minimum absolute atomic E-state index is 0.0781. The van der Waals surface area contributed by atoms with Crippen LogP contribution < -0.4 is 10.6 Å². The van der Waals surface area contributed by atoms with Crippen LogP contribution in [0.15, 0.2) is 24.3 Å². The quantitative estimate of drug-likeness (QED) is 0.749. The number of aryl methyl sites for hydroxylation is 1. The average Bonchev–Trinajstić information content (AvgIpc) is 2.37. The Kier molecular flexibility index (Phi) is 5.89. The maximum atomic E-state index is 11.5. The van der Waals surface area contributed by atoms with Gasteiger partial charge in [0.15, 0.2) is 0 Å². The molecule has 2 N–H and O–H groups in total. The second-order valence-electron chi connectivity index (χ2n) is 4.22. The van der Waals surface area contributed by atoms with Crippen molar-refractivity contribution in [1.29, 1.82) is 5.26 Å². The van der Waals surface area contributed by atoms with Gasteiger partial charge in [-0.25, -0.2) is 0 Å². The molecular formula is C14H19N3O. The molecule has 0 fully saturated rings. The van der Waals surface area contributed by atoms with Crippen molar-refractivity contribution in [2.24, 2.45) is 0 Å². The summed E-state index contributed by atoms with van der Waals surface area (Å²) in [6, 6.07) is 10.2. The number of carbonyl (C=O) groups is 1. The fraction of sp³-hybridized carbons (Fsp3) is 0.429. The first kappa shape index (κ1) is 14.2. The largest absolute Gasteiger partial charge is 0.354 e. The number of nitriles is 1. The predicted molar refractivity (Wildman–Crippen MR) is 70.8 cm³/mol. The smallest absolute Gasteiger partial charge is 0.234 e. The van der Waals surface area contributed by atoms with E-state index in [-0.39, 0.29) is 18.5 Å². The van der Waals surface area contributed by atoms with Gasteiger partial charge in [-0.05, 0) is 25.0 Å². The standard InChI is InChI=1S/C14H19N3O/c1-11-6-3-4-7-13(11)12(2)17-10-14(18)16-9-5-8-15/h3-4,6-7,12,17H,5,9-10H2,1-2H3,(H,16,18)/t12-/m0/s1. The Hall–Kier alpha value is -1.86. The first-order chi connectivity index (χ1) is 8.65. The van der Waals surface area contributed by atoms with Crippen LogP contribution in [0.3, 0.4) is 0 Å². The summed E-state index contributed by atoms with van der Waals surface area (Å²) in [7, 11) is 0. The molecular weight excluding hydrogens is 226 g/mol. The average molecular weight is 245 g/mol. The van der Waals surface area contributed by atoms with Gasteiger partial charge >= 0.3 is 0 Å². The van der Waals surface area contributed by atoms with E-state index in [1.807, 2.05) is 25.1 Å². The van der Waals surface area contributed by atoms with Crippen molar-refractivity contribution >= 4 is 5.91 Å². The summed E-state index contributed by atoms with van der Waals surface area (Å²) >= 11 is 0. The monoisotopic (exact) mass is 245 g/mol. The Morgan fingerprint density at radius 2 is 2.17 bits per heavy atom. The summed E-state index contributed by atoms with van der Waals surface area (Å²) in [5, 5.41) is 14.2. The Morgan fingerprint density at radius 3 is 2.83 bits per heavy atom. The number of carbonyl (C=O) groups excluding carboxylic acids is 1. The number of nitrogens with zero attached hydrogens (tertiary/aromatic N) is 1. The highest BCUT2D eigenvalue weighted by molar-refractivity contribution is 5.78. The van der Waals surface area contributed by atoms with Crippen LogP contribution in [0.4, 0.5) is 0 Å². The number of nitrogens with one attached hydrogen (secondary N) is 2. The van der Waals surface area contributed by atoms with Crippen molar-refractivity contribution in [3.8, 4) is 6.07 Å². The Labute approximate surface area is 108 Å². The highest BCUT2D eigenvalue weighted by atomic mass is 16.1. The van der Waals surface area contributed by atoms with Crippen molar-refractivity contribution in [3.05, 3.63) is 35.4 Å². The van der Waals surface area contributed by atoms with Crippen LogP contribution in [-0.2, 0) is 4.79 Å². The van der Waals surface area contributed by atoms with E-state index in [0.717, 1.165) is 0 Å². The Balaban J connectivity index is 2.38. The van der Waals surface area contributed by atoms with E-state index < -0.39 is 0 Å². The van der Waals surface area contributed by atoms with Crippen molar-refractivity contribution in [3.63, 3.8) is 0 Å². The molecule has 96 valence electrons. The number of hydrogen-bond acceptors (Lipinski definition) is 3. The van der Waals surface area contributed by atoms with Gasteiger partial charge in [-0.2, -0.15) is 5.26 Å². The minimum atomic E-state index is -0.0781. The van der Waals surface area contributed by atoms with Crippen molar-refractivity contribution < 1.29 is 4.79 Å². The normalized spacial score (nSPS) is 11.6. The first-order valence-corrected chi connectivity index (χ1v) is 6.07. The summed E-state index contributed by atoms with van der Waals surface area (Å²) in [5.74, 6) is -0.0781. The summed E-state index contributed by atoms with van der Waals surface area (Å²) in [6.45, 7) is 4.77. The molecule has 0 radical (unpaired) electrons. The summed E-state index contributed by atoms with van der Waals surface area (Å²) in [4.78, 5) is 11.5. The van der Waals surface area contributed by atoms with Crippen LogP contribution in [0, 0.1) is 18.3 Å². The second-order valence-corrected chi connectivity index (χ2v) is 4.22. The molecule has 1 aromatic rings. The molecule has 18 heavy (non-hydrogen) atoms. The number of hydrogen-bond donors (Lipinski definition) is 2. The zero-order chi connectivity index (χ0) is 13.4. The van der Waals surface area contributed by atoms with Crippen LogP contribution in [0.25, 0.3) is 0 Å². The van der Waals surface area contributed by atoms with Gasteiger partial charge in [0.1, 0.15) is 0 Å². The van der Waals surface area contributed by atoms with Gasteiger partial charge in [-0.1, -0.05) is 24.3 Å². The highest BCUT2D eigenvalue weighted by Gasteiger charge is 2.08. The van der Waals surface area contributed by atoms with Gasteiger partial charge in [-0.3, -0.25) is 4.79 Å². The van der Waals surface area contributed by atoms with Crippen molar-refractivity contribution in [2.75, 3.05) is 13.1 Å². The number of amides is 1. The SMILES string of the molecule is Cc1ccccc1[C@H](C)NCC(=O)NCCC#N. The summed E-state index contributed by atoms with van der Waals surface area (Å²) < 4.78 is 0. The molecule has 4 heteroatoms. The van der Waals surface area contributed by atoms with Gasteiger partial charge in [0.25, 0.3) is 0 Å². The van der Waals surface area contributed by atoms with Gasteiger partial charge in [0, 0.05) is 12.6 Å². The van der Waals surface area contributed by atoms with Crippen LogP contribution >= 0.6 is 0 Å². The molecule has 0 saturated heterocycles. The molecule has 0 heterocycles. The Morgan fingerprint density at radius 1 is 1.44 bits per heavy atom. The van der Waals surface area contributed by atoms with E-state index in [9.17, 15) is 4.79 Å². The minimum Gasteiger partial charge on any atom is -0.354 e. The fourth-order valence-electron chi connectivity index (χ4n) is 1.75. The van der Waals surface area contributed by atoms with E-state index in [2.05, 4.69) is 29.7 Å². The number of rotatable bonds is 6.